The molecular formula is C17H19BrF3N3O3S. The minimum atomic E-state index is -4.48. The van der Waals surface area contributed by atoms with Crippen molar-refractivity contribution < 1.29 is 22.7 Å². The smallest absolute Gasteiger partial charge is 0.382 e. The molecule has 1 amide bonds. The Morgan fingerprint density at radius 2 is 2.14 bits per heavy atom. The number of nitrogens with zero attached hydrogens (tertiary/aromatic N) is 2. The van der Waals surface area contributed by atoms with Gasteiger partial charge in [-0.2, -0.15) is 13.2 Å². The van der Waals surface area contributed by atoms with Crippen molar-refractivity contribution in [2.24, 2.45) is 0 Å². The van der Waals surface area contributed by atoms with Gasteiger partial charge in [-0.3, -0.25) is 14.2 Å². The predicted molar refractivity (Wildman–Crippen MR) is 105 cm³/mol. The number of ether oxygens (including phenoxy) is 1. The lowest BCUT2D eigenvalue weighted by molar-refractivity contribution is -0.136. The van der Waals surface area contributed by atoms with Gasteiger partial charge < -0.3 is 10.1 Å². The van der Waals surface area contributed by atoms with E-state index in [4.69, 9.17) is 4.74 Å². The SMILES string of the molecule is CCOCCCn1c(SCC(=O)NCC(F)(F)F)nc2ccc(Br)cc2c1=O. The van der Waals surface area contributed by atoms with Crippen molar-refractivity contribution in [3.8, 4) is 0 Å². The zero-order chi connectivity index (χ0) is 20.7. The average Bonchev–Trinajstić information content (AvgIpc) is 2.63. The standard InChI is InChI=1S/C17H19BrF3N3O3S/c1-2-27-7-3-6-24-15(26)12-8-11(18)4-5-13(12)23-16(24)28-9-14(25)22-10-17(19,20)21/h4-5,8H,2-3,6-7,9-10H2,1H3,(H,22,25). The number of alkyl halides is 3. The van der Waals surface area contributed by atoms with Gasteiger partial charge in [-0.15, -0.1) is 0 Å². The van der Waals surface area contributed by atoms with Crippen LogP contribution in [0.15, 0.2) is 32.6 Å². The summed E-state index contributed by atoms with van der Waals surface area (Å²) in [7, 11) is 0. The molecule has 11 heteroatoms. The number of rotatable bonds is 9. The minimum absolute atomic E-state index is 0.276. The lowest BCUT2D eigenvalue weighted by Crippen LogP contribution is -2.35. The molecule has 0 radical (unpaired) electrons. The number of thioether (sulfide) groups is 1. The molecular weight excluding hydrogens is 463 g/mol. The van der Waals surface area contributed by atoms with Gasteiger partial charge in [-0.1, -0.05) is 27.7 Å². The van der Waals surface area contributed by atoms with E-state index in [0.717, 1.165) is 16.2 Å². The Balaban J connectivity index is 2.22. The van der Waals surface area contributed by atoms with Crippen LogP contribution < -0.4 is 10.9 Å². The summed E-state index contributed by atoms with van der Waals surface area (Å²) in [6.45, 7) is 1.80. The van der Waals surface area contributed by atoms with Crippen LogP contribution >= 0.6 is 27.7 Å². The molecule has 0 saturated carbocycles. The third kappa shape index (κ3) is 6.78. The molecule has 0 bridgehead atoms. The number of nitrogens with one attached hydrogen (secondary N) is 1. The van der Waals surface area contributed by atoms with Crippen LogP contribution in [0.3, 0.4) is 0 Å². The minimum Gasteiger partial charge on any atom is -0.382 e. The second kappa shape index (κ2) is 10.3. The van der Waals surface area contributed by atoms with Gasteiger partial charge in [0.05, 0.1) is 16.7 Å². The second-order valence-corrected chi connectivity index (χ2v) is 7.60. The molecule has 0 saturated heterocycles. The molecule has 0 spiro atoms. The average molecular weight is 482 g/mol. The summed E-state index contributed by atoms with van der Waals surface area (Å²) < 4.78 is 44.1. The first kappa shape index (κ1) is 22.7. The number of halogens is 4. The first-order valence-electron chi connectivity index (χ1n) is 8.45. The lowest BCUT2D eigenvalue weighted by atomic mass is 10.2. The number of fused-ring (bicyclic) bond motifs is 1. The number of carbonyl (C=O) groups excluding carboxylic acids is 1. The van der Waals surface area contributed by atoms with E-state index in [1.165, 1.54) is 4.57 Å². The fraction of sp³-hybridized carbons (Fsp3) is 0.471. The monoisotopic (exact) mass is 481 g/mol. The Labute approximate surface area is 172 Å². The Morgan fingerprint density at radius 3 is 2.82 bits per heavy atom. The van der Waals surface area contributed by atoms with Crippen molar-refractivity contribution >= 4 is 44.5 Å². The molecule has 2 rings (SSSR count). The van der Waals surface area contributed by atoms with Crippen LogP contribution in [0.1, 0.15) is 13.3 Å². The molecule has 0 aliphatic rings. The van der Waals surface area contributed by atoms with E-state index >= 15 is 0 Å². The third-order valence-corrected chi connectivity index (χ3v) is 5.04. The molecule has 0 aliphatic heterocycles. The third-order valence-electron chi connectivity index (χ3n) is 3.57. The summed E-state index contributed by atoms with van der Waals surface area (Å²) in [4.78, 5) is 29.0. The Bertz CT molecular complexity index is 890. The maximum absolute atomic E-state index is 12.9. The van der Waals surface area contributed by atoms with Crippen LogP contribution in [0.5, 0.6) is 0 Å². The van der Waals surface area contributed by atoms with E-state index < -0.39 is 18.6 Å². The molecule has 1 aromatic carbocycles. The van der Waals surface area contributed by atoms with E-state index in [9.17, 15) is 22.8 Å². The van der Waals surface area contributed by atoms with Gasteiger partial charge in [0, 0.05) is 24.2 Å². The molecule has 1 aromatic heterocycles. The highest BCUT2D eigenvalue weighted by Crippen LogP contribution is 2.21. The molecule has 28 heavy (non-hydrogen) atoms. The van der Waals surface area contributed by atoms with Crippen LogP contribution in [-0.2, 0) is 16.1 Å². The van der Waals surface area contributed by atoms with Crippen molar-refractivity contribution in [3.63, 3.8) is 0 Å². The van der Waals surface area contributed by atoms with Gasteiger partial charge in [0.25, 0.3) is 5.56 Å². The van der Waals surface area contributed by atoms with Gasteiger partial charge in [0.15, 0.2) is 5.16 Å². The molecule has 1 N–H and O–H groups in total. The maximum Gasteiger partial charge on any atom is 0.405 e. The van der Waals surface area contributed by atoms with E-state index in [1.807, 2.05) is 6.92 Å². The molecule has 6 nitrogen and oxygen atoms in total. The van der Waals surface area contributed by atoms with Crippen molar-refractivity contribution in [1.29, 1.82) is 0 Å². The van der Waals surface area contributed by atoms with Gasteiger partial charge in [0.1, 0.15) is 6.54 Å². The summed E-state index contributed by atoms with van der Waals surface area (Å²) in [5.41, 5.74) is 0.174. The van der Waals surface area contributed by atoms with Gasteiger partial charge in [0.2, 0.25) is 5.91 Å². The summed E-state index contributed by atoms with van der Waals surface area (Å²) in [6.07, 6.45) is -3.92. The van der Waals surface area contributed by atoms with Crippen molar-refractivity contribution in [3.05, 3.63) is 33.0 Å². The van der Waals surface area contributed by atoms with Crippen molar-refractivity contribution in [2.75, 3.05) is 25.5 Å². The van der Waals surface area contributed by atoms with Crippen LogP contribution in [0.4, 0.5) is 13.2 Å². The van der Waals surface area contributed by atoms with Gasteiger partial charge >= 0.3 is 6.18 Å². The molecule has 2 aromatic rings. The van der Waals surface area contributed by atoms with Crippen molar-refractivity contribution in [2.45, 2.75) is 31.2 Å². The number of hydrogen-bond acceptors (Lipinski definition) is 5. The van der Waals surface area contributed by atoms with Crippen molar-refractivity contribution in [1.82, 2.24) is 14.9 Å². The first-order valence-corrected chi connectivity index (χ1v) is 10.2. The summed E-state index contributed by atoms with van der Waals surface area (Å²) in [5, 5.41) is 2.50. The molecule has 0 aliphatic carbocycles. The topological polar surface area (TPSA) is 73.2 Å². The highest BCUT2D eigenvalue weighted by molar-refractivity contribution is 9.10. The second-order valence-electron chi connectivity index (χ2n) is 5.74. The number of aromatic nitrogens is 2. The molecule has 0 fully saturated rings. The largest absolute Gasteiger partial charge is 0.405 e. The van der Waals surface area contributed by atoms with E-state index in [2.05, 4.69) is 20.9 Å². The molecule has 0 atom stereocenters. The maximum atomic E-state index is 12.9. The predicted octanol–water partition coefficient (Wildman–Crippen LogP) is 3.36. The molecule has 154 valence electrons. The fourth-order valence-electron chi connectivity index (χ4n) is 2.33. The van der Waals surface area contributed by atoms with E-state index in [-0.39, 0.29) is 16.5 Å². The quantitative estimate of drug-likeness (QED) is 0.337. The van der Waals surface area contributed by atoms with Gasteiger partial charge in [-0.05, 0) is 31.5 Å². The number of hydrogen-bond donors (Lipinski definition) is 1. The first-order chi connectivity index (χ1) is 13.2. The van der Waals surface area contributed by atoms with E-state index in [1.54, 1.807) is 23.5 Å². The zero-order valence-electron chi connectivity index (χ0n) is 15.0. The van der Waals surface area contributed by atoms with Crippen LogP contribution in [0.2, 0.25) is 0 Å². The summed E-state index contributed by atoms with van der Waals surface area (Å²) in [6, 6.07) is 5.06. The highest BCUT2D eigenvalue weighted by Gasteiger charge is 2.27. The molecule has 1 heterocycles. The van der Waals surface area contributed by atoms with Crippen LogP contribution in [0, 0.1) is 0 Å². The normalized spacial score (nSPS) is 11.8. The Kier molecular flexibility index (Phi) is 8.32. The number of benzene rings is 1. The van der Waals surface area contributed by atoms with E-state index in [0.29, 0.717) is 37.1 Å². The highest BCUT2D eigenvalue weighted by atomic mass is 79.9. The summed E-state index contributed by atoms with van der Waals surface area (Å²) >= 11 is 4.24. The Morgan fingerprint density at radius 1 is 1.39 bits per heavy atom. The number of carbonyl (C=O) groups is 1. The molecule has 0 unspecified atom stereocenters. The summed E-state index contributed by atoms with van der Waals surface area (Å²) in [5.74, 6) is -1.07. The number of amides is 1. The van der Waals surface area contributed by atoms with Crippen LogP contribution in [0.25, 0.3) is 10.9 Å². The Hall–Kier alpha value is -1.59. The van der Waals surface area contributed by atoms with Gasteiger partial charge in [-0.25, -0.2) is 4.98 Å². The zero-order valence-corrected chi connectivity index (χ0v) is 17.4. The lowest BCUT2D eigenvalue weighted by Gasteiger charge is -2.13. The van der Waals surface area contributed by atoms with Crippen LogP contribution in [-0.4, -0.2) is 47.1 Å². The fourth-order valence-corrected chi connectivity index (χ4v) is 3.55.